The molecule has 1 atom stereocenters. The highest BCUT2D eigenvalue weighted by molar-refractivity contribution is 5.58. The quantitative estimate of drug-likeness (QED) is 0.887. The van der Waals surface area contributed by atoms with Crippen LogP contribution in [0, 0.1) is 0 Å². The maximum Gasteiger partial charge on any atom is 0.142 e. The predicted molar refractivity (Wildman–Crippen MR) is 97.9 cm³/mol. The zero-order chi connectivity index (χ0) is 16.9. The van der Waals surface area contributed by atoms with Gasteiger partial charge in [-0.1, -0.05) is 12.1 Å². The summed E-state index contributed by atoms with van der Waals surface area (Å²) < 4.78 is 5.51. The Morgan fingerprint density at radius 3 is 2.58 bits per heavy atom. The third kappa shape index (κ3) is 3.85. The van der Waals surface area contributed by atoms with E-state index in [9.17, 15) is 5.11 Å². The highest BCUT2D eigenvalue weighted by atomic mass is 16.5. The summed E-state index contributed by atoms with van der Waals surface area (Å²) in [5.74, 6) is 0.971. The van der Waals surface area contributed by atoms with Crippen molar-refractivity contribution >= 4 is 5.69 Å². The van der Waals surface area contributed by atoms with Crippen LogP contribution < -0.4 is 9.64 Å². The van der Waals surface area contributed by atoms with Crippen LogP contribution in [0.3, 0.4) is 0 Å². The number of anilines is 1. The number of aliphatic hydroxyl groups excluding tert-OH is 1. The van der Waals surface area contributed by atoms with Crippen molar-refractivity contribution < 1.29 is 9.84 Å². The molecular formula is C19H31N3O2. The van der Waals surface area contributed by atoms with Crippen LogP contribution in [0.4, 0.5) is 5.69 Å². The largest absolute Gasteiger partial charge is 0.495 e. The monoisotopic (exact) mass is 333 g/mol. The van der Waals surface area contributed by atoms with Crippen molar-refractivity contribution in [2.45, 2.75) is 31.3 Å². The summed E-state index contributed by atoms with van der Waals surface area (Å²) >= 11 is 0. The Labute approximate surface area is 145 Å². The number of hydrogen-bond acceptors (Lipinski definition) is 5. The number of likely N-dealkylation sites (N-methyl/N-ethyl adjacent to an activating group) is 1. The fourth-order valence-electron chi connectivity index (χ4n) is 4.13. The molecule has 2 heterocycles. The van der Waals surface area contributed by atoms with E-state index in [1.165, 1.54) is 18.5 Å². The average molecular weight is 333 g/mol. The Kier molecular flexibility index (Phi) is 5.98. The first-order valence-corrected chi connectivity index (χ1v) is 9.16. The summed E-state index contributed by atoms with van der Waals surface area (Å²) in [6, 6.07) is 9.49. The molecule has 2 aliphatic heterocycles. The molecule has 1 aromatic carbocycles. The van der Waals surface area contributed by atoms with Crippen LogP contribution in [0.25, 0.3) is 0 Å². The molecule has 1 N–H and O–H groups in total. The first kappa shape index (κ1) is 17.5. The molecule has 5 heteroatoms. The van der Waals surface area contributed by atoms with Gasteiger partial charge >= 0.3 is 0 Å². The number of methoxy groups -OCH3 is 1. The normalized spacial score (nSPS) is 24.3. The molecule has 0 aromatic heterocycles. The van der Waals surface area contributed by atoms with Crippen molar-refractivity contribution in [2.24, 2.45) is 0 Å². The number of hydrogen-bond donors (Lipinski definition) is 1. The Morgan fingerprint density at radius 2 is 1.88 bits per heavy atom. The molecule has 2 aliphatic rings. The maximum absolute atomic E-state index is 9.28. The molecule has 5 nitrogen and oxygen atoms in total. The zero-order valence-corrected chi connectivity index (χ0v) is 15.0. The first-order valence-electron chi connectivity index (χ1n) is 9.16. The van der Waals surface area contributed by atoms with Gasteiger partial charge in [0.15, 0.2) is 0 Å². The lowest BCUT2D eigenvalue weighted by Crippen LogP contribution is -2.56. The number of para-hydroxylation sites is 2. The smallest absolute Gasteiger partial charge is 0.142 e. The molecule has 1 unspecified atom stereocenters. The highest BCUT2D eigenvalue weighted by Crippen LogP contribution is 2.31. The van der Waals surface area contributed by atoms with E-state index in [0.29, 0.717) is 12.1 Å². The van der Waals surface area contributed by atoms with E-state index in [0.717, 1.165) is 44.9 Å². The van der Waals surface area contributed by atoms with Crippen LogP contribution in [0.15, 0.2) is 24.3 Å². The molecule has 0 radical (unpaired) electrons. The standard InChI is InChI=1S/C19H31N3O2/c1-20-12-13-22(15-17(20)9-14-23)16-7-10-21(11-8-16)18-5-3-4-6-19(18)24-2/h3-6,16-17,23H,7-15H2,1-2H3. The second-order valence-electron chi connectivity index (χ2n) is 7.03. The van der Waals surface area contributed by atoms with E-state index in [-0.39, 0.29) is 6.61 Å². The van der Waals surface area contributed by atoms with Gasteiger partial charge in [-0.3, -0.25) is 4.90 Å². The number of nitrogens with zero attached hydrogens (tertiary/aromatic N) is 3. The molecule has 2 saturated heterocycles. The molecular weight excluding hydrogens is 302 g/mol. The van der Waals surface area contributed by atoms with Gasteiger partial charge in [-0.05, 0) is 38.4 Å². The van der Waals surface area contributed by atoms with Gasteiger partial charge in [-0.25, -0.2) is 0 Å². The van der Waals surface area contributed by atoms with Gasteiger partial charge in [-0.15, -0.1) is 0 Å². The zero-order valence-electron chi connectivity index (χ0n) is 15.0. The molecule has 0 saturated carbocycles. The summed E-state index contributed by atoms with van der Waals surface area (Å²) in [6.45, 7) is 5.81. The topological polar surface area (TPSA) is 39.2 Å². The lowest BCUT2D eigenvalue weighted by molar-refractivity contribution is 0.0445. The minimum Gasteiger partial charge on any atom is -0.495 e. The Balaban J connectivity index is 1.57. The third-order valence-corrected chi connectivity index (χ3v) is 5.68. The van der Waals surface area contributed by atoms with Crippen molar-refractivity contribution in [1.82, 2.24) is 9.80 Å². The van der Waals surface area contributed by atoms with Crippen molar-refractivity contribution in [3.05, 3.63) is 24.3 Å². The Morgan fingerprint density at radius 1 is 1.12 bits per heavy atom. The van der Waals surface area contributed by atoms with Crippen molar-refractivity contribution in [3.63, 3.8) is 0 Å². The number of aliphatic hydroxyl groups is 1. The van der Waals surface area contributed by atoms with Gasteiger partial charge in [0.2, 0.25) is 0 Å². The Hall–Kier alpha value is -1.30. The van der Waals surface area contributed by atoms with Gasteiger partial charge < -0.3 is 19.6 Å². The molecule has 0 aliphatic carbocycles. The van der Waals surface area contributed by atoms with Gasteiger partial charge in [0, 0.05) is 51.4 Å². The molecule has 3 rings (SSSR count). The highest BCUT2D eigenvalue weighted by Gasteiger charge is 2.31. The summed E-state index contributed by atoms with van der Waals surface area (Å²) in [6.07, 6.45) is 3.29. The van der Waals surface area contributed by atoms with E-state index in [1.807, 2.05) is 12.1 Å². The van der Waals surface area contributed by atoms with Crippen molar-refractivity contribution in [2.75, 3.05) is 58.4 Å². The number of benzene rings is 1. The van der Waals surface area contributed by atoms with Crippen LogP contribution >= 0.6 is 0 Å². The fourth-order valence-corrected chi connectivity index (χ4v) is 4.13. The summed E-state index contributed by atoms with van der Waals surface area (Å²) in [4.78, 5) is 7.51. The fraction of sp³-hybridized carbons (Fsp3) is 0.684. The van der Waals surface area contributed by atoms with E-state index in [4.69, 9.17) is 4.74 Å². The van der Waals surface area contributed by atoms with E-state index in [2.05, 4.69) is 33.9 Å². The number of ether oxygens (including phenoxy) is 1. The van der Waals surface area contributed by atoms with Crippen LogP contribution in [0.5, 0.6) is 5.75 Å². The molecule has 0 amide bonds. The van der Waals surface area contributed by atoms with Crippen molar-refractivity contribution in [3.8, 4) is 5.75 Å². The third-order valence-electron chi connectivity index (χ3n) is 5.68. The SMILES string of the molecule is COc1ccccc1N1CCC(N2CCN(C)C(CCO)C2)CC1. The van der Waals surface area contributed by atoms with Gasteiger partial charge in [0.05, 0.1) is 12.8 Å². The molecule has 134 valence electrons. The minimum absolute atomic E-state index is 0.287. The summed E-state index contributed by atoms with van der Waals surface area (Å²) in [5.41, 5.74) is 1.22. The van der Waals surface area contributed by atoms with E-state index >= 15 is 0 Å². The lowest BCUT2D eigenvalue weighted by Gasteiger charge is -2.45. The van der Waals surface area contributed by atoms with E-state index < -0.39 is 0 Å². The number of piperidine rings is 1. The summed E-state index contributed by atoms with van der Waals surface area (Å²) in [7, 11) is 3.93. The van der Waals surface area contributed by atoms with Crippen LogP contribution in [0.2, 0.25) is 0 Å². The minimum atomic E-state index is 0.287. The Bertz CT molecular complexity index is 517. The molecule has 1 aromatic rings. The molecule has 0 spiro atoms. The lowest BCUT2D eigenvalue weighted by atomic mass is 9.99. The van der Waals surface area contributed by atoms with E-state index in [1.54, 1.807) is 7.11 Å². The number of rotatable bonds is 5. The maximum atomic E-state index is 9.28. The number of piperazine rings is 1. The summed E-state index contributed by atoms with van der Waals surface area (Å²) in [5, 5.41) is 9.28. The van der Waals surface area contributed by atoms with Gasteiger partial charge in [-0.2, -0.15) is 0 Å². The van der Waals surface area contributed by atoms with Gasteiger partial charge in [0.25, 0.3) is 0 Å². The second-order valence-corrected chi connectivity index (χ2v) is 7.03. The van der Waals surface area contributed by atoms with Gasteiger partial charge in [0.1, 0.15) is 5.75 Å². The van der Waals surface area contributed by atoms with Crippen LogP contribution in [-0.4, -0.2) is 80.5 Å². The molecule has 2 fully saturated rings. The predicted octanol–water partition coefficient (Wildman–Crippen LogP) is 1.66. The first-order chi connectivity index (χ1) is 11.7. The van der Waals surface area contributed by atoms with Crippen molar-refractivity contribution in [1.29, 1.82) is 0 Å². The van der Waals surface area contributed by atoms with Crippen LogP contribution in [-0.2, 0) is 0 Å². The van der Waals surface area contributed by atoms with Crippen LogP contribution in [0.1, 0.15) is 19.3 Å². The molecule has 0 bridgehead atoms. The average Bonchev–Trinajstić information content (AvgIpc) is 2.64. The molecule has 24 heavy (non-hydrogen) atoms. The second kappa shape index (κ2) is 8.19.